The number of hydrogen-bond donors (Lipinski definition) is 0. The summed E-state index contributed by atoms with van der Waals surface area (Å²) in [6.07, 6.45) is 1.82. The van der Waals surface area contributed by atoms with Gasteiger partial charge in [-0.05, 0) is 11.6 Å². The van der Waals surface area contributed by atoms with Crippen LogP contribution in [0, 0.1) is 13.8 Å². The molecule has 1 nitrogen and oxygen atoms in total. The maximum Gasteiger partial charge on any atom is 0.0252 e. The molecule has 0 aliphatic rings. The largest absolute Gasteiger partial charge is 0.354 e. The first-order valence-electron chi connectivity index (χ1n) is 2.38. The van der Waals surface area contributed by atoms with Crippen LogP contribution in [-0.4, -0.2) is 4.57 Å². The topological polar surface area (TPSA) is 4.93 Å². The Morgan fingerprint density at radius 3 is 2.25 bits per heavy atom. The van der Waals surface area contributed by atoms with Crippen molar-refractivity contribution in [2.75, 3.05) is 0 Å². The second-order valence-corrected chi connectivity index (χ2v) is 1.77. The Hall–Kier alpha value is -0.720. The van der Waals surface area contributed by atoms with Crippen LogP contribution in [0.3, 0.4) is 0 Å². The van der Waals surface area contributed by atoms with Crippen LogP contribution < -0.4 is 0 Å². The highest BCUT2D eigenvalue weighted by molar-refractivity contribution is 5.26. The van der Waals surface area contributed by atoms with Gasteiger partial charge in [-0.15, -0.1) is 0 Å². The molecule has 0 aliphatic carbocycles. The fourth-order valence-electron chi connectivity index (χ4n) is 0.561. The Morgan fingerprint density at radius 1 is 1.50 bits per heavy atom. The summed E-state index contributed by atoms with van der Waals surface area (Å²) in [6, 6.07) is 1.77. The van der Waals surface area contributed by atoms with Crippen LogP contribution >= 0.6 is 0 Å². The summed E-state index contributed by atoms with van der Waals surface area (Å²) < 4.78 is 1.77. The van der Waals surface area contributed by atoms with Crippen LogP contribution in [0.25, 0.3) is 0 Å². The fraction of sp³-hybridized carbons (Fsp3) is 0.143. The van der Waals surface area contributed by atoms with E-state index < -0.39 is 0 Å². The average Bonchev–Trinajstić information content (AvgIpc) is 1.98. The molecule has 0 amide bonds. The van der Waals surface area contributed by atoms with Gasteiger partial charge in [0.1, 0.15) is 0 Å². The molecule has 40 valence electrons. The molecule has 4 radical (unpaired) electrons. The van der Waals surface area contributed by atoms with Gasteiger partial charge in [0.15, 0.2) is 0 Å². The molecule has 0 N–H and O–H groups in total. The molecule has 1 aromatic heterocycles. The Kier molecular flexibility index (Phi) is 1.12. The summed E-state index contributed by atoms with van der Waals surface area (Å²) in [7, 11) is 1.85. The van der Waals surface area contributed by atoms with Gasteiger partial charge < -0.3 is 4.57 Å². The van der Waals surface area contributed by atoms with E-state index in [0.29, 0.717) is 11.3 Å². The zero-order valence-corrected chi connectivity index (χ0v) is 4.76. The van der Waals surface area contributed by atoms with Crippen molar-refractivity contribution in [3.8, 4) is 0 Å². The molecule has 0 aromatic carbocycles. The van der Waals surface area contributed by atoms with E-state index in [2.05, 4.69) is 0 Å². The summed E-state index contributed by atoms with van der Waals surface area (Å²) in [5, 5.41) is 0. The first kappa shape index (κ1) is 5.42. The van der Waals surface area contributed by atoms with E-state index in [0.717, 1.165) is 0 Å². The minimum atomic E-state index is 0.630. The van der Waals surface area contributed by atoms with Gasteiger partial charge in [0, 0.05) is 32.8 Å². The van der Waals surface area contributed by atoms with Crippen molar-refractivity contribution >= 4 is 0 Å². The summed E-state index contributed by atoms with van der Waals surface area (Å²) in [5.74, 6) is 0. The number of aryl methyl sites for hydroxylation is 1. The molecule has 0 spiro atoms. The van der Waals surface area contributed by atoms with Gasteiger partial charge in [-0.3, -0.25) is 0 Å². The van der Waals surface area contributed by atoms with Gasteiger partial charge in [0.05, 0.1) is 0 Å². The monoisotopic (exact) mass is 105 g/mol. The van der Waals surface area contributed by atoms with E-state index in [1.165, 1.54) is 0 Å². The summed E-state index contributed by atoms with van der Waals surface area (Å²) >= 11 is 0. The number of aromatic nitrogens is 1. The highest BCUT2D eigenvalue weighted by Crippen LogP contribution is 2.04. The first-order valence-corrected chi connectivity index (χ1v) is 2.38. The fourth-order valence-corrected chi connectivity index (χ4v) is 0.561. The first-order chi connectivity index (χ1) is 3.72. The van der Waals surface area contributed by atoms with E-state index in [9.17, 15) is 0 Å². The van der Waals surface area contributed by atoms with Gasteiger partial charge in [-0.25, -0.2) is 0 Å². The molecule has 1 heteroatoms. The van der Waals surface area contributed by atoms with Crippen LogP contribution in [0.1, 0.15) is 11.3 Å². The third-order valence-corrected chi connectivity index (χ3v) is 1.15. The SMILES string of the molecule is [CH]c1ccn(C)c1[CH]. The van der Waals surface area contributed by atoms with E-state index in [1.807, 2.05) is 13.2 Å². The molecular formula is C7H7N. The third kappa shape index (κ3) is 0.641. The highest BCUT2D eigenvalue weighted by atomic mass is 14.9. The molecule has 0 saturated carbocycles. The van der Waals surface area contributed by atoms with Crippen molar-refractivity contribution in [2.45, 2.75) is 0 Å². The lowest BCUT2D eigenvalue weighted by Crippen LogP contribution is -1.87. The zero-order chi connectivity index (χ0) is 6.15. The van der Waals surface area contributed by atoms with Gasteiger partial charge in [-0.1, -0.05) is 0 Å². The van der Waals surface area contributed by atoms with Gasteiger partial charge >= 0.3 is 0 Å². The third-order valence-electron chi connectivity index (χ3n) is 1.15. The average molecular weight is 105 g/mol. The lowest BCUT2D eigenvalue weighted by molar-refractivity contribution is 0.902. The minimum absolute atomic E-state index is 0.630. The van der Waals surface area contributed by atoms with Crippen LogP contribution in [0.5, 0.6) is 0 Å². The van der Waals surface area contributed by atoms with Crippen LogP contribution in [0.4, 0.5) is 0 Å². The minimum Gasteiger partial charge on any atom is -0.354 e. The van der Waals surface area contributed by atoms with Crippen molar-refractivity contribution < 1.29 is 0 Å². The Morgan fingerprint density at radius 2 is 2.12 bits per heavy atom. The Balaban J connectivity index is 3.19. The molecular weight excluding hydrogens is 98.1 g/mol. The quantitative estimate of drug-likeness (QED) is 0.466. The van der Waals surface area contributed by atoms with Crippen molar-refractivity contribution in [2.24, 2.45) is 7.05 Å². The molecule has 0 fully saturated rings. The predicted molar refractivity (Wildman–Crippen MR) is 32.2 cm³/mol. The smallest absolute Gasteiger partial charge is 0.0252 e. The van der Waals surface area contributed by atoms with E-state index in [4.69, 9.17) is 13.8 Å². The molecule has 8 heavy (non-hydrogen) atoms. The zero-order valence-electron chi connectivity index (χ0n) is 4.76. The van der Waals surface area contributed by atoms with Crippen LogP contribution in [-0.2, 0) is 7.05 Å². The van der Waals surface area contributed by atoms with E-state index >= 15 is 0 Å². The summed E-state index contributed by atoms with van der Waals surface area (Å²) in [5.41, 5.74) is 1.28. The molecule has 1 heterocycles. The molecule has 1 aromatic rings. The van der Waals surface area contributed by atoms with E-state index in [-0.39, 0.29) is 0 Å². The second kappa shape index (κ2) is 1.66. The molecule has 0 saturated heterocycles. The second-order valence-electron chi connectivity index (χ2n) is 1.77. The van der Waals surface area contributed by atoms with Gasteiger partial charge in [0.25, 0.3) is 0 Å². The maximum atomic E-state index is 5.44. The van der Waals surface area contributed by atoms with Gasteiger partial charge in [0.2, 0.25) is 0 Å². The van der Waals surface area contributed by atoms with Crippen molar-refractivity contribution in [1.82, 2.24) is 4.57 Å². The molecule has 0 unspecified atom stereocenters. The predicted octanol–water partition coefficient (Wildman–Crippen LogP) is 1.14. The van der Waals surface area contributed by atoms with Crippen LogP contribution in [0.15, 0.2) is 12.3 Å². The Labute approximate surface area is 49.9 Å². The molecule has 0 bridgehead atoms. The maximum absolute atomic E-state index is 5.44. The lowest BCUT2D eigenvalue weighted by atomic mass is 10.3. The van der Waals surface area contributed by atoms with Crippen molar-refractivity contribution in [3.63, 3.8) is 0 Å². The normalized spacial score (nSPS) is 9.88. The molecule has 1 rings (SSSR count). The summed E-state index contributed by atoms with van der Waals surface area (Å²) in [4.78, 5) is 0. The molecule has 0 aliphatic heterocycles. The lowest BCUT2D eigenvalue weighted by Gasteiger charge is -1.92. The summed E-state index contributed by atoms with van der Waals surface area (Å²) in [6.45, 7) is 10.8. The standard InChI is InChI=1S/C7H7N/c1-6-4-5-8(3)7(6)2/h1-2,4-5H,3H3. The van der Waals surface area contributed by atoms with E-state index in [1.54, 1.807) is 10.6 Å². The van der Waals surface area contributed by atoms with Crippen molar-refractivity contribution in [1.29, 1.82) is 0 Å². The van der Waals surface area contributed by atoms with Crippen molar-refractivity contribution in [3.05, 3.63) is 37.4 Å². The Bertz CT molecular complexity index is 167. The number of rotatable bonds is 0. The van der Waals surface area contributed by atoms with Gasteiger partial charge in [-0.2, -0.15) is 0 Å². The highest BCUT2D eigenvalue weighted by Gasteiger charge is 1.92. The molecule has 0 atom stereocenters. The number of hydrogen-bond acceptors (Lipinski definition) is 0. The van der Waals surface area contributed by atoms with Crippen LogP contribution in [0.2, 0.25) is 0 Å². The number of nitrogens with zero attached hydrogens (tertiary/aromatic N) is 1.